The van der Waals surface area contributed by atoms with Gasteiger partial charge in [-0.25, -0.2) is 8.42 Å². The summed E-state index contributed by atoms with van der Waals surface area (Å²) in [6.45, 7) is 3.66. The molecule has 1 aliphatic rings. The molecule has 1 aromatic heterocycles. The van der Waals surface area contributed by atoms with Crippen LogP contribution in [-0.4, -0.2) is 67.8 Å². The molecule has 1 aliphatic heterocycles. The van der Waals surface area contributed by atoms with Gasteiger partial charge in [-0.1, -0.05) is 6.07 Å². The fraction of sp³-hybridized carbons (Fsp3) is 0.474. The number of hydrogen-bond donors (Lipinski definition) is 1. The maximum Gasteiger partial charge on any atom is 0.243 e. The van der Waals surface area contributed by atoms with Gasteiger partial charge in [-0.15, -0.1) is 24.8 Å². The molecule has 1 N–H and O–H groups in total. The smallest absolute Gasteiger partial charge is 0.243 e. The van der Waals surface area contributed by atoms with Gasteiger partial charge in [-0.05, 0) is 50.4 Å². The molecule has 10 heteroatoms. The van der Waals surface area contributed by atoms with Crippen molar-refractivity contribution in [1.82, 2.24) is 19.5 Å². The molecule has 3 rings (SSSR count). The van der Waals surface area contributed by atoms with Gasteiger partial charge in [0.15, 0.2) is 0 Å². The van der Waals surface area contributed by atoms with Crippen LogP contribution in [0.4, 0.5) is 0 Å². The Morgan fingerprint density at radius 3 is 2.62 bits per heavy atom. The summed E-state index contributed by atoms with van der Waals surface area (Å²) in [6, 6.07) is 6.64. The van der Waals surface area contributed by atoms with E-state index in [9.17, 15) is 13.2 Å². The molecule has 1 fully saturated rings. The molecule has 1 amide bonds. The van der Waals surface area contributed by atoms with Crippen molar-refractivity contribution in [2.24, 2.45) is 0 Å². The number of benzene rings is 1. The van der Waals surface area contributed by atoms with Gasteiger partial charge in [-0.3, -0.25) is 9.78 Å². The van der Waals surface area contributed by atoms with Crippen LogP contribution in [0.5, 0.6) is 0 Å². The first-order valence-corrected chi connectivity index (χ1v) is 10.7. The monoisotopic (exact) mass is 462 g/mol. The molecule has 2 aromatic rings. The van der Waals surface area contributed by atoms with Crippen LogP contribution in [0.2, 0.25) is 0 Å². The summed E-state index contributed by atoms with van der Waals surface area (Å²) in [4.78, 5) is 18.4. The van der Waals surface area contributed by atoms with Gasteiger partial charge in [0.2, 0.25) is 15.9 Å². The zero-order valence-corrected chi connectivity index (χ0v) is 19.0. The number of fused-ring (bicyclic) bond motifs is 1. The highest BCUT2D eigenvalue weighted by molar-refractivity contribution is 7.89. The van der Waals surface area contributed by atoms with Crippen LogP contribution in [0.15, 0.2) is 41.6 Å². The number of nitrogens with zero attached hydrogens (tertiary/aromatic N) is 3. The first-order valence-electron chi connectivity index (χ1n) is 9.21. The highest BCUT2D eigenvalue weighted by Gasteiger charge is 2.32. The number of hydrogen-bond acceptors (Lipinski definition) is 5. The number of aromatic nitrogens is 1. The largest absolute Gasteiger partial charge is 0.340 e. The summed E-state index contributed by atoms with van der Waals surface area (Å²) < 4.78 is 28.1. The zero-order chi connectivity index (χ0) is 19.4. The van der Waals surface area contributed by atoms with E-state index in [1.54, 1.807) is 42.5 Å². The summed E-state index contributed by atoms with van der Waals surface area (Å²) in [5, 5.41) is 4.62. The van der Waals surface area contributed by atoms with Gasteiger partial charge >= 0.3 is 0 Å². The summed E-state index contributed by atoms with van der Waals surface area (Å²) in [5.41, 5.74) is 0. The number of likely N-dealkylation sites (N-methyl/N-ethyl adjacent to an activating group) is 1. The molecule has 1 aromatic carbocycles. The van der Waals surface area contributed by atoms with Crippen LogP contribution in [0, 0.1) is 0 Å². The van der Waals surface area contributed by atoms with Crippen LogP contribution in [0.3, 0.4) is 0 Å². The van der Waals surface area contributed by atoms with Crippen molar-refractivity contribution in [3.8, 4) is 0 Å². The number of amides is 1. The minimum Gasteiger partial charge on any atom is -0.340 e. The standard InChI is InChI=1S/C19H26N4O3S.2ClH/c1-15-14-22(19(24)13-20-2)9-3-4-10-23(15)27(25,26)18-6-5-17-12-21-8-7-16(17)11-18;;/h5-8,11-12,15,20H,3-4,9-10,13-14H2,1-2H3;2*1H/t15-;;/m1../s1. The maximum absolute atomic E-state index is 13.3. The lowest BCUT2D eigenvalue weighted by Gasteiger charge is -2.35. The van der Waals surface area contributed by atoms with Crippen LogP contribution in [0.25, 0.3) is 10.8 Å². The molecule has 0 radical (unpaired) electrons. The summed E-state index contributed by atoms with van der Waals surface area (Å²) >= 11 is 0. The van der Waals surface area contributed by atoms with E-state index >= 15 is 0 Å². The van der Waals surface area contributed by atoms with E-state index in [1.807, 2.05) is 13.0 Å². The Labute approximate surface area is 184 Å². The first-order chi connectivity index (χ1) is 12.9. The topological polar surface area (TPSA) is 82.6 Å². The molecule has 0 aliphatic carbocycles. The quantitative estimate of drug-likeness (QED) is 0.753. The molecule has 0 bridgehead atoms. The number of carbonyl (C=O) groups excluding carboxylic acids is 1. The Morgan fingerprint density at radius 2 is 1.90 bits per heavy atom. The second-order valence-electron chi connectivity index (χ2n) is 6.93. The van der Waals surface area contributed by atoms with Crippen molar-refractivity contribution in [2.45, 2.75) is 30.7 Å². The van der Waals surface area contributed by atoms with Crippen LogP contribution in [-0.2, 0) is 14.8 Å². The molecule has 7 nitrogen and oxygen atoms in total. The SMILES string of the molecule is CNCC(=O)N1CCCCN(S(=O)(=O)c2ccc3cnccc3c2)[C@H](C)C1.Cl.Cl. The van der Waals surface area contributed by atoms with Crippen molar-refractivity contribution in [3.63, 3.8) is 0 Å². The van der Waals surface area contributed by atoms with E-state index in [0.29, 0.717) is 19.6 Å². The average Bonchev–Trinajstić information content (AvgIpc) is 2.64. The van der Waals surface area contributed by atoms with Gasteiger partial charge < -0.3 is 10.2 Å². The van der Waals surface area contributed by atoms with Crippen LogP contribution in [0.1, 0.15) is 19.8 Å². The van der Waals surface area contributed by atoms with Crippen molar-refractivity contribution < 1.29 is 13.2 Å². The third kappa shape index (κ3) is 5.79. The number of halogens is 2. The fourth-order valence-electron chi connectivity index (χ4n) is 3.50. The van der Waals surface area contributed by atoms with Gasteiger partial charge in [-0.2, -0.15) is 4.31 Å². The minimum atomic E-state index is -3.64. The number of pyridine rings is 1. The predicted molar refractivity (Wildman–Crippen MR) is 119 cm³/mol. The molecule has 1 saturated heterocycles. The maximum atomic E-state index is 13.3. The third-order valence-electron chi connectivity index (χ3n) is 4.93. The molecule has 1 atom stereocenters. The Kier molecular flexibility index (Phi) is 9.78. The summed E-state index contributed by atoms with van der Waals surface area (Å²) in [7, 11) is -1.91. The average molecular weight is 463 g/mol. The molecule has 0 saturated carbocycles. The Hall–Kier alpha value is -1.45. The molecular weight excluding hydrogens is 435 g/mol. The predicted octanol–water partition coefficient (Wildman–Crippen LogP) is 2.30. The molecule has 29 heavy (non-hydrogen) atoms. The highest BCUT2D eigenvalue weighted by atomic mass is 35.5. The Balaban J connectivity index is 0.00000210. The number of rotatable bonds is 4. The van der Waals surface area contributed by atoms with Crippen LogP contribution < -0.4 is 5.32 Å². The van der Waals surface area contributed by atoms with E-state index in [0.717, 1.165) is 23.6 Å². The van der Waals surface area contributed by atoms with E-state index in [1.165, 1.54) is 4.31 Å². The van der Waals surface area contributed by atoms with Gasteiger partial charge in [0.25, 0.3) is 0 Å². The number of carbonyl (C=O) groups is 1. The number of sulfonamides is 1. The number of nitrogens with one attached hydrogen (secondary N) is 1. The molecule has 0 spiro atoms. The van der Waals surface area contributed by atoms with Crippen molar-refractivity contribution >= 4 is 51.5 Å². The lowest BCUT2D eigenvalue weighted by molar-refractivity contribution is -0.131. The van der Waals surface area contributed by atoms with Gasteiger partial charge in [0.1, 0.15) is 0 Å². The Bertz CT molecular complexity index is 927. The van der Waals surface area contributed by atoms with E-state index in [2.05, 4.69) is 10.3 Å². The lowest BCUT2D eigenvalue weighted by Crippen LogP contribution is -2.50. The second kappa shape index (κ2) is 11.1. The Morgan fingerprint density at radius 1 is 1.17 bits per heavy atom. The lowest BCUT2D eigenvalue weighted by atomic mass is 10.2. The molecular formula is C19H28Cl2N4O3S. The van der Waals surface area contributed by atoms with E-state index < -0.39 is 10.0 Å². The van der Waals surface area contributed by atoms with Crippen LogP contribution >= 0.6 is 24.8 Å². The highest BCUT2D eigenvalue weighted by Crippen LogP contribution is 2.24. The molecule has 2 heterocycles. The van der Waals surface area contributed by atoms with Crippen molar-refractivity contribution in [1.29, 1.82) is 0 Å². The molecule has 162 valence electrons. The fourth-order valence-corrected chi connectivity index (χ4v) is 5.19. The van der Waals surface area contributed by atoms with Crippen molar-refractivity contribution in [3.05, 3.63) is 36.7 Å². The zero-order valence-electron chi connectivity index (χ0n) is 16.6. The van der Waals surface area contributed by atoms with Crippen molar-refractivity contribution in [2.75, 3.05) is 33.2 Å². The van der Waals surface area contributed by atoms with E-state index in [-0.39, 0.29) is 48.2 Å². The minimum absolute atomic E-state index is 0. The molecule has 0 unspecified atom stereocenters. The summed E-state index contributed by atoms with van der Waals surface area (Å²) in [6.07, 6.45) is 4.89. The van der Waals surface area contributed by atoms with Gasteiger partial charge in [0.05, 0.1) is 11.4 Å². The third-order valence-corrected chi connectivity index (χ3v) is 6.94. The first kappa shape index (κ1) is 25.6. The summed E-state index contributed by atoms with van der Waals surface area (Å²) in [5.74, 6) is 0.00167. The second-order valence-corrected chi connectivity index (χ2v) is 8.82. The normalized spacial score (nSPS) is 18.3. The van der Waals surface area contributed by atoms with E-state index in [4.69, 9.17) is 0 Å². The van der Waals surface area contributed by atoms with Gasteiger partial charge in [0, 0.05) is 43.5 Å².